The Kier molecular flexibility index (Phi) is 7.17. The lowest BCUT2D eigenvalue weighted by atomic mass is 10.1. The van der Waals surface area contributed by atoms with Crippen molar-refractivity contribution < 1.29 is 9.13 Å². The van der Waals surface area contributed by atoms with Crippen molar-refractivity contribution >= 4 is 28.8 Å². The summed E-state index contributed by atoms with van der Waals surface area (Å²) in [7, 11) is 0. The first-order chi connectivity index (χ1) is 15.1. The van der Waals surface area contributed by atoms with Crippen LogP contribution in [0, 0.1) is 5.82 Å². The first-order valence-electron chi connectivity index (χ1n) is 10.3. The van der Waals surface area contributed by atoms with E-state index in [9.17, 15) is 4.39 Å². The van der Waals surface area contributed by atoms with Crippen LogP contribution in [0.5, 0.6) is 5.75 Å². The van der Waals surface area contributed by atoms with Crippen LogP contribution in [0.15, 0.2) is 72.8 Å². The molecular weight excluding hydrogens is 431 g/mol. The predicted molar refractivity (Wildman–Crippen MR) is 127 cm³/mol. The fraction of sp³-hybridized carbons (Fsp3) is 0.240. The predicted octanol–water partition coefficient (Wildman–Crippen LogP) is 5.55. The summed E-state index contributed by atoms with van der Waals surface area (Å²) >= 11 is 12.2. The van der Waals surface area contributed by atoms with Gasteiger partial charge < -0.3 is 9.64 Å². The number of hydrogen-bond acceptors (Lipinski definition) is 3. The molecule has 0 unspecified atom stereocenters. The van der Waals surface area contributed by atoms with E-state index >= 15 is 0 Å². The summed E-state index contributed by atoms with van der Waals surface area (Å²) in [6, 6.07) is 22.6. The fourth-order valence-electron chi connectivity index (χ4n) is 3.66. The SMILES string of the molecule is Fc1ccccc1COc1ccc(C(=S)N2CCN(Cc3ccccc3)CC2)cc1Cl. The van der Waals surface area contributed by atoms with Crippen molar-refractivity contribution in [1.82, 2.24) is 9.80 Å². The van der Waals surface area contributed by atoms with E-state index in [4.69, 9.17) is 28.6 Å². The van der Waals surface area contributed by atoms with Crippen molar-refractivity contribution in [3.63, 3.8) is 0 Å². The van der Waals surface area contributed by atoms with E-state index in [1.54, 1.807) is 24.3 Å². The maximum atomic E-state index is 13.8. The van der Waals surface area contributed by atoms with Crippen molar-refractivity contribution in [2.75, 3.05) is 26.2 Å². The van der Waals surface area contributed by atoms with Gasteiger partial charge in [-0.15, -0.1) is 0 Å². The van der Waals surface area contributed by atoms with Gasteiger partial charge in [0.1, 0.15) is 23.2 Å². The largest absolute Gasteiger partial charge is 0.487 e. The number of nitrogens with zero attached hydrogens (tertiary/aromatic N) is 2. The molecular formula is C25H24ClFN2OS. The topological polar surface area (TPSA) is 15.7 Å². The highest BCUT2D eigenvalue weighted by Gasteiger charge is 2.20. The van der Waals surface area contributed by atoms with Crippen LogP contribution >= 0.6 is 23.8 Å². The minimum absolute atomic E-state index is 0.125. The highest BCUT2D eigenvalue weighted by molar-refractivity contribution is 7.80. The van der Waals surface area contributed by atoms with Gasteiger partial charge in [-0.3, -0.25) is 4.90 Å². The molecule has 0 saturated carbocycles. The molecule has 0 N–H and O–H groups in total. The number of hydrogen-bond donors (Lipinski definition) is 0. The Morgan fingerprint density at radius 1 is 0.935 bits per heavy atom. The molecule has 31 heavy (non-hydrogen) atoms. The number of piperazine rings is 1. The van der Waals surface area contributed by atoms with Crippen LogP contribution in [0.4, 0.5) is 4.39 Å². The number of benzene rings is 3. The quantitative estimate of drug-likeness (QED) is 0.453. The molecule has 0 aliphatic carbocycles. The minimum atomic E-state index is -0.289. The van der Waals surface area contributed by atoms with Gasteiger partial charge in [0.25, 0.3) is 0 Å². The summed E-state index contributed by atoms with van der Waals surface area (Å²) in [5.74, 6) is 0.229. The summed E-state index contributed by atoms with van der Waals surface area (Å²) < 4.78 is 19.5. The number of ether oxygens (including phenoxy) is 1. The molecule has 4 rings (SSSR count). The average Bonchev–Trinajstić information content (AvgIpc) is 2.80. The molecule has 0 spiro atoms. The van der Waals surface area contributed by atoms with E-state index in [1.807, 2.05) is 18.2 Å². The maximum Gasteiger partial charge on any atom is 0.138 e. The van der Waals surface area contributed by atoms with Crippen LogP contribution in [-0.4, -0.2) is 41.0 Å². The zero-order valence-corrected chi connectivity index (χ0v) is 18.7. The molecule has 6 heteroatoms. The summed E-state index contributed by atoms with van der Waals surface area (Å²) in [5.41, 5.74) is 2.72. The van der Waals surface area contributed by atoms with Gasteiger partial charge in [0.05, 0.1) is 5.02 Å². The Hall–Kier alpha value is -2.47. The molecule has 1 saturated heterocycles. The van der Waals surface area contributed by atoms with Crippen LogP contribution in [0.2, 0.25) is 5.02 Å². The number of thiocarbonyl (C=S) groups is 1. The van der Waals surface area contributed by atoms with Gasteiger partial charge in [-0.25, -0.2) is 4.39 Å². The van der Waals surface area contributed by atoms with Crippen molar-refractivity contribution in [3.8, 4) is 5.75 Å². The van der Waals surface area contributed by atoms with Gasteiger partial charge >= 0.3 is 0 Å². The lowest BCUT2D eigenvalue weighted by Gasteiger charge is -2.36. The van der Waals surface area contributed by atoms with Crippen LogP contribution < -0.4 is 4.74 Å². The third-order valence-corrected chi connectivity index (χ3v) is 6.22. The van der Waals surface area contributed by atoms with E-state index in [2.05, 4.69) is 34.1 Å². The second kappa shape index (κ2) is 10.2. The molecule has 1 aliphatic rings. The lowest BCUT2D eigenvalue weighted by Crippen LogP contribution is -2.48. The molecule has 1 aliphatic heterocycles. The Labute approximate surface area is 193 Å². The van der Waals surface area contributed by atoms with Gasteiger partial charge in [-0.05, 0) is 29.8 Å². The molecule has 3 aromatic carbocycles. The highest BCUT2D eigenvalue weighted by atomic mass is 35.5. The molecule has 3 nitrogen and oxygen atoms in total. The van der Waals surface area contributed by atoms with Gasteiger partial charge in [0, 0.05) is 43.9 Å². The molecule has 0 amide bonds. The number of rotatable bonds is 6. The standard InChI is InChI=1S/C25H24ClFN2OS/c26-22-16-20(10-11-24(22)30-18-21-8-4-5-9-23(21)27)25(31)29-14-12-28(13-15-29)17-19-6-2-1-3-7-19/h1-11,16H,12-15,17-18H2. The smallest absolute Gasteiger partial charge is 0.138 e. The summed E-state index contributed by atoms with van der Waals surface area (Å²) in [5, 5.41) is 0.471. The first kappa shape index (κ1) is 21.8. The van der Waals surface area contributed by atoms with Gasteiger partial charge in [0.15, 0.2) is 0 Å². The maximum absolute atomic E-state index is 13.8. The third-order valence-electron chi connectivity index (χ3n) is 5.43. The Balaban J connectivity index is 1.33. The Bertz CT molecular complexity index is 1040. The average molecular weight is 455 g/mol. The lowest BCUT2D eigenvalue weighted by molar-refractivity contribution is 0.177. The zero-order valence-electron chi connectivity index (χ0n) is 17.1. The summed E-state index contributed by atoms with van der Waals surface area (Å²) in [4.78, 5) is 5.46. The van der Waals surface area contributed by atoms with Gasteiger partial charge in [-0.2, -0.15) is 0 Å². The molecule has 0 aromatic heterocycles. The first-order valence-corrected chi connectivity index (χ1v) is 11.1. The van der Waals surface area contributed by atoms with Crippen LogP contribution in [0.1, 0.15) is 16.7 Å². The fourth-order valence-corrected chi connectivity index (χ4v) is 4.20. The zero-order chi connectivity index (χ0) is 21.6. The molecule has 160 valence electrons. The molecule has 3 aromatic rings. The van der Waals surface area contributed by atoms with Crippen molar-refractivity contribution in [3.05, 3.63) is 100 Å². The number of halogens is 2. The van der Waals surface area contributed by atoms with E-state index in [1.165, 1.54) is 11.6 Å². The van der Waals surface area contributed by atoms with Crippen LogP contribution in [-0.2, 0) is 13.2 Å². The van der Waals surface area contributed by atoms with Gasteiger partial charge in [-0.1, -0.05) is 72.3 Å². The molecule has 0 radical (unpaired) electrons. The van der Waals surface area contributed by atoms with E-state index in [0.717, 1.165) is 43.3 Å². The molecule has 0 bridgehead atoms. The van der Waals surface area contributed by atoms with E-state index < -0.39 is 0 Å². The van der Waals surface area contributed by atoms with Crippen LogP contribution in [0.25, 0.3) is 0 Å². The van der Waals surface area contributed by atoms with Crippen molar-refractivity contribution in [1.29, 1.82) is 0 Å². The third kappa shape index (κ3) is 5.62. The second-order valence-corrected chi connectivity index (χ2v) is 8.37. The van der Waals surface area contributed by atoms with Crippen molar-refractivity contribution in [2.24, 2.45) is 0 Å². The molecule has 1 fully saturated rings. The minimum Gasteiger partial charge on any atom is -0.487 e. The van der Waals surface area contributed by atoms with Crippen LogP contribution in [0.3, 0.4) is 0 Å². The highest BCUT2D eigenvalue weighted by Crippen LogP contribution is 2.27. The molecule has 0 atom stereocenters. The van der Waals surface area contributed by atoms with E-state index in [-0.39, 0.29) is 12.4 Å². The Morgan fingerprint density at radius 2 is 1.65 bits per heavy atom. The second-order valence-electron chi connectivity index (χ2n) is 7.58. The van der Waals surface area contributed by atoms with Crippen molar-refractivity contribution in [2.45, 2.75) is 13.2 Å². The Morgan fingerprint density at radius 3 is 2.35 bits per heavy atom. The van der Waals surface area contributed by atoms with E-state index in [0.29, 0.717) is 16.3 Å². The summed E-state index contributed by atoms with van der Waals surface area (Å²) in [6.45, 7) is 4.78. The normalized spacial score (nSPS) is 14.5. The van der Waals surface area contributed by atoms with Gasteiger partial charge in [0.2, 0.25) is 0 Å². The monoisotopic (exact) mass is 454 g/mol. The molecule has 1 heterocycles. The summed E-state index contributed by atoms with van der Waals surface area (Å²) in [6.07, 6.45) is 0.